The normalized spacial score (nSPS) is 12.0. The van der Waals surface area contributed by atoms with Crippen LogP contribution in [-0.2, 0) is 10.0 Å². The first-order valence-corrected chi connectivity index (χ1v) is 8.69. The number of benzene rings is 1. The number of aromatic nitrogens is 2. The van der Waals surface area contributed by atoms with E-state index in [9.17, 15) is 12.8 Å². The van der Waals surface area contributed by atoms with Crippen molar-refractivity contribution in [3.8, 4) is 0 Å². The van der Waals surface area contributed by atoms with Gasteiger partial charge in [-0.2, -0.15) is 0 Å². The Morgan fingerprint density at radius 1 is 1.18 bits per heavy atom. The molecule has 0 spiro atoms. The third kappa shape index (κ3) is 2.24. The second-order valence-corrected chi connectivity index (χ2v) is 7.69. The molecule has 0 aliphatic heterocycles. The van der Waals surface area contributed by atoms with Gasteiger partial charge in [0.1, 0.15) is 5.82 Å². The molecule has 0 atom stereocenters. The fourth-order valence-corrected chi connectivity index (χ4v) is 4.39. The van der Waals surface area contributed by atoms with E-state index in [1.807, 2.05) is 6.92 Å². The summed E-state index contributed by atoms with van der Waals surface area (Å²) in [6, 6.07) is 6.54. The Hall–Kier alpha value is -1.73. The summed E-state index contributed by atoms with van der Waals surface area (Å²) in [5.41, 5.74) is 1.52. The Kier molecular flexibility index (Phi) is 3.57. The highest BCUT2D eigenvalue weighted by molar-refractivity contribution is 9.10. The Labute approximate surface area is 135 Å². The van der Waals surface area contributed by atoms with E-state index in [-0.39, 0.29) is 10.5 Å². The highest BCUT2D eigenvalue weighted by Gasteiger charge is 2.23. The van der Waals surface area contributed by atoms with Crippen LogP contribution in [0.1, 0.15) is 11.1 Å². The monoisotopic (exact) mass is 382 g/mol. The van der Waals surface area contributed by atoms with Crippen LogP contribution in [0.2, 0.25) is 0 Å². The van der Waals surface area contributed by atoms with Crippen molar-refractivity contribution in [2.24, 2.45) is 0 Å². The number of halogens is 2. The van der Waals surface area contributed by atoms with Gasteiger partial charge in [-0.05, 0) is 47.5 Å². The van der Waals surface area contributed by atoms with Crippen LogP contribution in [0.5, 0.6) is 0 Å². The van der Waals surface area contributed by atoms with Gasteiger partial charge in [-0.15, -0.1) is 0 Å². The molecule has 7 heteroatoms. The highest BCUT2D eigenvalue weighted by Crippen LogP contribution is 2.31. The molecule has 0 N–H and O–H groups in total. The van der Waals surface area contributed by atoms with Crippen LogP contribution in [-0.4, -0.2) is 17.4 Å². The van der Waals surface area contributed by atoms with Crippen molar-refractivity contribution >= 4 is 37.0 Å². The van der Waals surface area contributed by atoms with Crippen LogP contribution in [0.15, 0.2) is 46.0 Å². The van der Waals surface area contributed by atoms with Crippen LogP contribution >= 0.6 is 15.9 Å². The predicted octanol–water partition coefficient (Wildman–Crippen LogP) is 3.79. The Bertz CT molecular complexity index is 979. The summed E-state index contributed by atoms with van der Waals surface area (Å²) in [4.78, 5) is 4.11. The van der Waals surface area contributed by atoms with E-state index in [0.29, 0.717) is 15.4 Å². The van der Waals surface area contributed by atoms with Crippen molar-refractivity contribution in [3.05, 3.63) is 58.1 Å². The number of hydrogen-bond acceptors (Lipinski definition) is 3. The van der Waals surface area contributed by atoms with Crippen LogP contribution in [0.3, 0.4) is 0 Å². The lowest BCUT2D eigenvalue weighted by molar-refractivity contribution is 0.588. The number of hydrogen-bond donors (Lipinski definition) is 0. The topological polar surface area (TPSA) is 52.0 Å². The molecule has 1 aromatic carbocycles. The number of rotatable bonds is 2. The van der Waals surface area contributed by atoms with Gasteiger partial charge in [0.05, 0.1) is 11.1 Å². The van der Waals surface area contributed by atoms with Gasteiger partial charge in [0.2, 0.25) is 0 Å². The molecule has 0 radical (unpaired) electrons. The summed E-state index contributed by atoms with van der Waals surface area (Å²) in [7, 11) is -3.79. The minimum atomic E-state index is -3.79. The van der Waals surface area contributed by atoms with E-state index in [0.717, 1.165) is 15.7 Å². The first-order valence-electron chi connectivity index (χ1n) is 6.46. The van der Waals surface area contributed by atoms with Crippen molar-refractivity contribution in [1.82, 2.24) is 8.96 Å². The fourth-order valence-electron chi connectivity index (χ4n) is 2.25. The lowest BCUT2D eigenvalue weighted by Crippen LogP contribution is -2.12. The minimum absolute atomic E-state index is 0.159. The van der Waals surface area contributed by atoms with Crippen molar-refractivity contribution in [1.29, 1.82) is 0 Å². The molecule has 2 heterocycles. The quantitative estimate of drug-likeness (QED) is 0.677. The smallest absolute Gasteiger partial charge is 0.234 e. The van der Waals surface area contributed by atoms with Crippen molar-refractivity contribution in [3.63, 3.8) is 0 Å². The third-order valence-electron chi connectivity index (χ3n) is 3.51. The molecule has 0 bridgehead atoms. The summed E-state index contributed by atoms with van der Waals surface area (Å²) < 4.78 is 40.8. The van der Waals surface area contributed by atoms with Gasteiger partial charge >= 0.3 is 0 Å². The lowest BCUT2D eigenvalue weighted by atomic mass is 10.2. The minimum Gasteiger partial charge on any atom is -0.234 e. The largest absolute Gasteiger partial charge is 0.269 e. The summed E-state index contributed by atoms with van der Waals surface area (Å²) >= 11 is 3.29. The molecule has 3 rings (SSSR count). The maximum Gasteiger partial charge on any atom is 0.269 e. The summed E-state index contributed by atoms with van der Waals surface area (Å²) in [6.07, 6.45) is 2.44. The second-order valence-electron chi connectivity index (χ2n) is 5.02. The predicted molar refractivity (Wildman–Crippen MR) is 85.9 cm³/mol. The van der Waals surface area contributed by atoms with Gasteiger partial charge in [-0.1, -0.05) is 17.7 Å². The molecular formula is C15H12BrFN2O2S. The third-order valence-corrected chi connectivity index (χ3v) is 5.78. The summed E-state index contributed by atoms with van der Waals surface area (Å²) in [6.45, 7) is 3.47. The molecule has 0 aliphatic carbocycles. The first kappa shape index (κ1) is 15.2. The first-order chi connectivity index (χ1) is 10.3. The van der Waals surface area contributed by atoms with Gasteiger partial charge < -0.3 is 0 Å². The fraction of sp³-hybridized carbons (Fsp3) is 0.133. The molecule has 4 nitrogen and oxygen atoms in total. The lowest BCUT2D eigenvalue weighted by Gasteiger charge is -2.07. The Balaban J connectivity index is 2.31. The zero-order valence-electron chi connectivity index (χ0n) is 11.8. The summed E-state index contributed by atoms with van der Waals surface area (Å²) in [5.74, 6) is -0.473. The van der Waals surface area contributed by atoms with E-state index < -0.39 is 15.8 Å². The number of aryl methyl sites for hydroxylation is 2. The second kappa shape index (κ2) is 5.17. The zero-order valence-corrected chi connectivity index (χ0v) is 14.2. The molecule has 0 unspecified atom stereocenters. The van der Waals surface area contributed by atoms with Gasteiger partial charge in [0.15, 0.2) is 5.65 Å². The van der Waals surface area contributed by atoms with Crippen molar-refractivity contribution in [2.75, 3.05) is 0 Å². The molecule has 0 saturated heterocycles. The number of pyridine rings is 1. The molecule has 0 saturated carbocycles. The maximum atomic E-state index is 13.7. The van der Waals surface area contributed by atoms with Gasteiger partial charge in [0.25, 0.3) is 10.0 Å². The standard InChI is InChI=1S/C15H12BrFN2O2S/c1-9-3-5-11(6-4-9)22(20,21)19-8-12(16)14-10(2)13(17)7-18-15(14)19/h3-8H,1-2H3. The van der Waals surface area contributed by atoms with E-state index in [4.69, 9.17) is 0 Å². The van der Waals surface area contributed by atoms with Gasteiger partial charge in [0, 0.05) is 16.1 Å². The molecule has 3 aromatic rings. The molecule has 22 heavy (non-hydrogen) atoms. The van der Waals surface area contributed by atoms with E-state index >= 15 is 0 Å². The summed E-state index contributed by atoms with van der Waals surface area (Å²) in [5, 5.41) is 0.454. The van der Waals surface area contributed by atoms with Gasteiger partial charge in [-0.25, -0.2) is 21.8 Å². The molecule has 0 amide bonds. The van der Waals surface area contributed by atoms with Crippen molar-refractivity contribution < 1.29 is 12.8 Å². The van der Waals surface area contributed by atoms with Crippen LogP contribution in [0.4, 0.5) is 4.39 Å². The Morgan fingerprint density at radius 2 is 1.82 bits per heavy atom. The number of fused-ring (bicyclic) bond motifs is 1. The maximum absolute atomic E-state index is 13.7. The molecule has 0 fully saturated rings. The van der Waals surface area contributed by atoms with E-state index in [2.05, 4.69) is 20.9 Å². The van der Waals surface area contributed by atoms with Crippen LogP contribution in [0, 0.1) is 19.7 Å². The SMILES string of the molecule is Cc1ccc(S(=O)(=O)n2cc(Br)c3c(C)c(F)cnc32)cc1. The zero-order chi connectivity index (χ0) is 16.1. The average molecular weight is 383 g/mol. The molecular weight excluding hydrogens is 371 g/mol. The molecule has 2 aromatic heterocycles. The Morgan fingerprint density at radius 3 is 2.45 bits per heavy atom. The number of nitrogens with zero attached hydrogens (tertiary/aromatic N) is 2. The van der Waals surface area contributed by atoms with Crippen LogP contribution < -0.4 is 0 Å². The van der Waals surface area contributed by atoms with Crippen LogP contribution in [0.25, 0.3) is 11.0 Å². The van der Waals surface area contributed by atoms with E-state index in [1.165, 1.54) is 6.20 Å². The molecule has 0 aliphatic rings. The van der Waals surface area contributed by atoms with Crippen molar-refractivity contribution in [2.45, 2.75) is 18.7 Å². The highest BCUT2D eigenvalue weighted by atomic mass is 79.9. The van der Waals surface area contributed by atoms with Gasteiger partial charge in [-0.3, -0.25) is 0 Å². The molecule has 114 valence electrons. The van der Waals surface area contributed by atoms with E-state index in [1.54, 1.807) is 31.2 Å². The average Bonchev–Trinajstić information content (AvgIpc) is 2.82.